The van der Waals surface area contributed by atoms with E-state index in [0.29, 0.717) is 0 Å². The number of hydrogen-bond donors (Lipinski definition) is 0. The molecule has 0 aromatic heterocycles. The Labute approximate surface area is 156 Å². The van der Waals surface area contributed by atoms with Gasteiger partial charge in [-0.05, 0) is 0 Å². The maximum atomic E-state index is 2.54. The van der Waals surface area contributed by atoms with E-state index in [9.17, 15) is 0 Å². The molecule has 1 heteroatoms. The topological polar surface area (TPSA) is 0 Å². The molecule has 0 aliphatic carbocycles. The van der Waals surface area contributed by atoms with Gasteiger partial charge in [0.15, 0.2) is 0 Å². The van der Waals surface area contributed by atoms with Crippen molar-refractivity contribution in [2.75, 3.05) is 24.6 Å². The predicted molar refractivity (Wildman–Crippen MR) is 120 cm³/mol. The molecule has 0 amide bonds. The van der Waals surface area contributed by atoms with E-state index in [2.05, 4.69) is 27.7 Å². The van der Waals surface area contributed by atoms with Crippen molar-refractivity contribution in [2.24, 2.45) is 0 Å². The third kappa shape index (κ3) is 13.7. The SMILES string of the molecule is CCCCCCCC[PH](CC)(CCCCCC)CCCCCCC. The molecule has 0 N–H and O–H groups in total. The van der Waals surface area contributed by atoms with Crippen LogP contribution in [0.3, 0.4) is 0 Å². The van der Waals surface area contributed by atoms with Gasteiger partial charge in [-0.15, -0.1) is 0 Å². The van der Waals surface area contributed by atoms with Crippen LogP contribution in [0.1, 0.15) is 124 Å². The molecule has 0 spiro atoms. The second-order valence-corrected chi connectivity index (χ2v) is 13.6. The molecule has 0 saturated carbocycles. The molecule has 0 aromatic rings. The van der Waals surface area contributed by atoms with E-state index in [-0.39, 0.29) is 0 Å². The average molecular weight is 359 g/mol. The van der Waals surface area contributed by atoms with Gasteiger partial charge in [-0.3, -0.25) is 0 Å². The summed E-state index contributed by atoms with van der Waals surface area (Å²) in [5, 5.41) is 0. The maximum absolute atomic E-state index is 2.54. The Morgan fingerprint density at radius 2 is 0.667 bits per heavy atom. The predicted octanol–water partition coefficient (Wildman–Crippen LogP) is 8.67. The Balaban J connectivity index is 4.20. The van der Waals surface area contributed by atoms with Gasteiger partial charge in [-0.2, -0.15) is 0 Å². The first-order valence-corrected chi connectivity index (χ1v) is 14.6. The molecular weight excluding hydrogens is 307 g/mol. The van der Waals surface area contributed by atoms with E-state index >= 15 is 0 Å². The molecule has 24 heavy (non-hydrogen) atoms. The fraction of sp³-hybridized carbons (Fsp3) is 1.00. The van der Waals surface area contributed by atoms with Crippen LogP contribution >= 0.6 is 7.26 Å². The molecule has 0 fully saturated rings. The summed E-state index contributed by atoms with van der Waals surface area (Å²) in [5.74, 6) is 0. The van der Waals surface area contributed by atoms with Gasteiger partial charge in [0, 0.05) is 0 Å². The molecular formula is C23H51P. The minimum absolute atomic E-state index is 0.948. The zero-order chi connectivity index (χ0) is 17.9. The summed E-state index contributed by atoms with van der Waals surface area (Å²) < 4.78 is 0. The third-order valence-corrected chi connectivity index (χ3v) is 11.9. The van der Waals surface area contributed by atoms with Crippen molar-refractivity contribution in [2.45, 2.75) is 124 Å². The Morgan fingerprint density at radius 1 is 0.375 bits per heavy atom. The van der Waals surface area contributed by atoms with Crippen molar-refractivity contribution < 1.29 is 0 Å². The fourth-order valence-corrected chi connectivity index (χ4v) is 9.03. The van der Waals surface area contributed by atoms with E-state index in [1.54, 1.807) is 43.9 Å². The van der Waals surface area contributed by atoms with Crippen molar-refractivity contribution in [3.05, 3.63) is 0 Å². The van der Waals surface area contributed by atoms with E-state index < -0.39 is 7.26 Å². The van der Waals surface area contributed by atoms with Crippen LogP contribution in [0, 0.1) is 0 Å². The first kappa shape index (κ1) is 24.4. The number of rotatable bonds is 19. The van der Waals surface area contributed by atoms with Crippen LogP contribution in [0.5, 0.6) is 0 Å². The normalized spacial score (nSPS) is 12.7. The van der Waals surface area contributed by atoms with Gasteiger partial charge in [0.2, 0.25) is 0 Å². The first-order valence-electron chi connectivity index (χ1n) is 11.7. The van der Waals surface area contributed by atoms with Gasteiger partial charge in [-0.25, -0.2) is 0 Å². The summed E-state index contributed by atoms with van der Waals surface area (Å²) >= 11 is 0. The summed E-state index contributed by atoms with van der Waals surface area (Å²) in [4.78, 5) is 0. The van der Waals surface area contributed by atoms with Gasteiger partial charge in [0.1, 0.15) is 0 Å². The summed E-state index contributed by atoms with van der Waals surface area (Å²) in [5.41, 5.74) is 0. The molecule has 0 atom stereocenters. The molecule has 0 unspecified atom stereocenters. The zero-order valence-electron chi connectivity index (χ0n) is 17.9. The van der Waals surface area contributed by atoms with Crippen molar-refractivity contribution >= 4 is 7.26 Å². The van der Waals surface area contributed by atoms with Gasteiger partial charge < -0.3 is 0 Å². The molecule has 0 aliphatic heterocycles. The second kappa shape index (κ2) is 18.2. The van der Waals surface area contributed by atoms with Gasteiger partial charge in [0.25, 0.3) is 0 Å². The number of unbranched alkanes of at least 4 members (excludes halogenated alkanes) is 12. The quantitative estimate of drug-likeness (QED) is 0.160. The minimum atomic E-state index is -0.948. The van der Waals surface area contributed by atoms with Gasteiger partial charge in [-0.1, -0.05) is 0 Å². The monoisotopic (exact) mass is 358 g/mol. The van der Waals surface area contributed by atoms with Crippen LogP contribution in [-0.2, 0) is 0 Å². The molecule has 0 aromatic carbocycles. The Morgan fingerprint density at radius 3 is 1.00 bits per heavy atom. The van der Waals surface area contributed by atoms with Crippen molar-refractivity contribution in [1.82, 2.24) is 0 Å². The fourth-order valence-electron chi connectivity index (χ4n) is 4.22. The van der Waals surface area contributed by atoms with E-state index in [4.69, 9.17) is 0 Å². The Kier molecular flexibility index (Phi) is 18.6. The molecule has 148 valence electrons. The third-order valence-electron chi connectivity index (χ3n) is 6.18. The Bertz CT molecular complexity index is 238. The van der Waals surface area contributed by atoms with Crippen molar-refractivity contribution in [3.63, 3.8) is 0 Å². The van der Waals surface area contributed by atoms with E-state index in [1.165, 1.54) is 77.0 Å². The van der Waals surface area contributed by atoms with E-state index in [1.807, 2.05) is 0 Å². The van der Waals surface area contributed by atoms with Crippen molar-refractivity contribution in [1.29, 1.82) is 0 Å². The van der Waals surface area contributed by atoms with Crippen molar-refractivity contribution in [3.8, 4) is 0 Å². The van der Waals surface area contributed by atoms with Crippen LogP contribution in [-0.4, -0.2) is 24.6 Å². The molecule has 0 bridgehead atoms. The van der Waals surface area contributed by atoms with E-state index in [0.717, 1.165) is 0 Å². The average Bonchev–Trinajstić information content (AvgIpc) is 2.61. The zero-order valence-corrected chi connectivity index (χ0v) is 18.9. The van der Waals surface area contributed by atoms with Gasteiger partial charge >= 0.3 is 156 Å². The molecule has 0 saturated heterocycles. The second-order valence-electron chi connectivity index (χ2n) is 8.35. The summed E-state index contributed by atoms with van der Waals surface area (Å²) in [6.07, 6.45) is 28.6. The molecule has 0 aliphatic rings. The van der Waals surface area contributed by atoms with Crippen LogP contribution in [0.15, 0.2) is 0 Å². The molecule has 0 nitrogen and oxygen atoms in total. The Hall–Kier alpha value is 0.430. The first-order chi connectivity index (χ1) is 11.7. The van der Waals surface area contributed by atoms with Crippen LogP contribution in [0.2, 0.25) is 0 Å². The van der Waals surface area contributed by atoms with Crippen LogP contribution < -0.4 is 0 Å². The van der Waals surface area contributed by atoms with Crippen LogP contribution in [0.4, 0.5) is 0 Å². The van der Waals surface area contributed by atoms with Crippen LogP contribution in [0.25, 0.3) is 0 Å². The number of hydrogen-bond acceptors (Lipinski definition) is 0. The summed E-state index contributed by atoms with van der Waals surface area (Å²) in [6.45, 7) is 9.53. The summed E-state index contributed by atoms with van der Waals surface area (Å²) in [6, 6.07) is 0. The standard InChI is InChI=1S/C23H51P/c1-5-9-12-15-17-20-23-24(8-4,21-18-14-11-7-3)22-19-16-13-10-6-2/h24H,5-23H2,1-4H3. The molecule has 0 radical (unpaired) electrons. The molecule has 0 heterocycles. The van der Waals surface area contributed by atoms with Gasteiger partial charge in [0.05, 0.1) is 0 Å². The molecule has 0 rings (SSSR count). The summed E-state index contributed by atoms with van der Waals surface area (Å²) in [7, 11) is -0.948.